The van der Waals surface area contributed by atoms with E-state index >= 15 is 0 Å². The second-order valence-corrected chi connectivity index (χ2v) is 6.02. The van der Waals surface area contributed by atoms with Gasteiger partial charge in [-0.1, -0.05) is 40.5 Å². The number of hydrogen-bond acceptors (Lipinski definition) is 3. The molecule has 0 spiro atoms. The molecule has 1 heterocycles. The Hall–Kier alpha value is -0.880. The summed E-state index contributed by atoms with van der Waals surface area (Å²) >= 11 is 9.68. The molecule has 0 aliphatic rings. The molecule has 0 saturated heterocycles. The Morgan fingerprint density at radius 2 is 2.20 bits per heavy atom. The van der Waals surface area contributed by atoms with E-state index in [9.17, 15) is 0 Å². The summed E-state index contributed by atoms with van der Waals surface area (Å²) in [4.78, 5) is 0. The van der Waals surface area contributed by atoms with Crippen LogP contribution in [0.3, 0.4) is 0 Å². The number of aromatic nitrogens is 2. The van der Waals surface area contributed by atoms with Crippen LogP contribution in [-0.2, 0) is 19.9 Å². The maximum absolute atomic E-state index is 6.27. The lowest BCUT2D eigenvalue weighted by Gasteiger charge is -2.17. The number of hydrazine groups is 1. The maximum atomic E-state index is 6.27. The van der Waals surface area contributed by atoms with Crippen molar-refractivity contribution in [2.75, 3.05) is 0 Å². The number of halogens is 2. The zero-order valence-electron chi connectivity index (χ0n) is 11.5. The highest BCUT2D eigenvalue weighted by Crippen LogP contribution is 2.26. The smallest absolute Gasteiger partial charge is 0.0669 e. The SMILES string of the molecule is CCc1cc(C(Cc2ccc(Br)cc2Cl)NN)n(C)n1. The number of hydrogen-bond donors (Lipinski definition) is 2. The molecular weight excluding hydrogens is 340 g/mol. The van der Waals surface area contributed by atoms with Crippen molar-refractivity contribution in [1.29, 1.82) is 0 Å². The number of aryl methyl sites for hydroxylation is 2. The molecule has 1 aromatic carbocycles. The Kier molecular flexibility index (Phi) is 5.21. The van der Waals surface area contributed by atoms with Crippen LogP contribution in [0.15, 0.2) is 28.7 Å². The summed E-state index contributed by atoms with van der Waals surface area (Å²) in [5, 5.41) is 5.19. The van der Waals surface area contributed by atoms with E-state index < -0.39 is 0 Å². The summed E-state index contributed by atoms with van der Waals surface area (Å²) < 4.78 is 2.84. The highest BCUT2D eigenvalue weighted by molar-refractivity contribution is 9.10. The average Bonchev–Trinajstić information content (AvgIpc) is 2.79. The van der Waals surface area contributed by atoms with Gasteiger partial charge in [0.2, 0.25) is 0 Å². The van der Waals surface area contributed by atoms with E-state index in [1.165, 1.54) is 0 Å². The lowest BCUT2D eigenvalue weighted by Crippen LogP contribution is -2.31. The average molecular weight is 358 g/mol. The zero-order valence-corrected chi connectivity index (χ0v) is 13.9. The quantitative estimate of drug-likeness (QED) is 0.638. The molecule has 4 nitrogen and oxygen atoms in total. The Labute approximate surface area is 132 Å². The molecule has 0 aliphatic carbocycles. The fraction of sp³-hybridized carbons (Fsp3) is 0.357. The Morgan fingerprint density at radius 3 is 2.75 bits per heavy atom. The topological polar surface area (TPSA) is 55.9 Å². The standard InChI is InChI=1S/C14H18BrClN4/c1-3-11-8-14(20(2)19-11)13(18-17)6-9-4-5-10(15)7-12(9)16/h4-5,7-8,13,18H,3,6,17H2,1-2H3. The predicted octanol–water partition coefficient (Wildman–Crippen LogP) is 3.15. The molecular formula is C14H18BrClN4. The van der Waals surface area contributed by atoms with Gasteiger partial charge in [0, 0.05) is 16.5 Å². The Morgan fingerprint density at radius 1 is 1.45 bits per heavy atom. The molecule has 2 aromatic rings. The van der Waals surface area contributed by atoms with Gasteiger partial charge in [-0.25, -0.2) is 0 Å². The predicted molar refractivity (Wildman–Crippen MR) is 85.5 cm³/mol. The van der Waals surface area contributed by atoms with Crippen molar-refractivity contribution in [1.82, 2.24) is 15.2 Å². The van der Waals surface area contributed by atoms with Gasteiger partial charge in [0.1, 0.15) is 0 Å². The van der Waals surface area contributed by atoms with E-state index in [0.29, 0.717) is 6.42 Å². The summed E-state index contributed by atoms with van der Waals surface area (Å²) in [7, 11) is 1.93. The molecule has 0 amide bonds. The molecule has 0 fully saturated rings. The molecule has 0 aliphatic heterocycles. The third kappa shape index (κ3) is 3.41. The van der Waals surface area contributed by atoms with Crippen LogP contribution in [0.2, 0.25) is 5.02 Å². The summed E-state index contributed by atoms with van der Waals surface area (Å²) in [6, 6.07) is 7.94. The minimum atomic E-state index is -0.0218. The molecule has 1 atom stereocenters. The molecule has 108 valence electrons. The number of nitrogens with one attached hydrogen (secondary N) is 1. The van der Waals surface area contributed by atoms with E-state index in [0.717, 1.165) is 32.9 Å². The van der Waals surface area contributed by atoms with Crippen LogP contribution in [0, 0.1) is 0 Å². The number of nitrogens with two attached hydrogens (primary N) is 1. The van der Waals surface area contributed by atoms with Crippen LogP contribution in [0.25, 0.3) is 0 Å². The van der Waals surface area contributed by atoms with E-state index in [4.69, 9.17) is 17.4 Å². The molecule has 6 heteroatoms. The van der Waals surface area contributed by atoms with Gasteiger partial charge in [-0.05, 0) is 36.6 Å². The van der Waals surface area contributed by atoms with Crippen LogP contribution in [0.5, 0.6) is 0 Å². The van der Waals surface area contributed by atoms with Crippen molar-refractivity contribution in [2.45, 2.75) is 25.8 Å². The Balaban J connectivity index is 2.26. The van der Waals surface area contributed by atoms with Crippen LogP contribution in [0.1, 0.15) is 29.9 Å². The first-order valence-electron chi connectivity index (χ1n) is 6.48. The van der Waals surface area contributed by atoms with Gasteiger partial charge < -0.3 is 0 Å². The highest BCUT2D eigenvalue weighted by atomic mass is 79.9. The molecule has 0 radical (unpaired) electrons. The second-order valence-electron chi connectivity index (χ2n) is 4.70. The third-order valence-electron chi connectivity index (χ3n) is 3.33. The van der Waals surface area contributed by atoms with Gasteiger partial charge in [-0.3, -0.25) is 16.0 Å². The van der Waals surface area contributed by atoms with Crippen molar-refractivity contribution < 1.29 is 0 Å². The fourth-order valence-electron chi connectivity index (χ4n) is 2.20. The lowest BCUT2D eigenvalue weighted by molar-refractivity contribution is 0.508. The summed E-state index contributed by atoms with van der Waals surface area (Å²) in [6.07, 6.45) is 1.62. The van der Waals surface area contributed by atoms with Gasteiger partial charge in [-0.15, -0.1) is 0 Å². The first-order valence-corrected chi connectivity index (χ1v) is 7.65. The number of benzene rings is 1. The van der Waals surface area contributed by atoms with E-state index in [1.54, 1.807) is 0 Å². The van der Waals surface area contributed by atoms with Crippen LogP contribution < -0.4 is 11.3 Å². The van der Waals surface area contributed by atoms with Gasteiger partial charge in [0.25, 0.3) is 0 Å². The van der Waals surface area contributed by atoms with E-state index in [-0.39, 0.29) is 6.04 Å². The minimum Gasteiger partial charge on any atom is -0.271 e. The summed E-state index contributed by atoms with van der Waals surface area (Å²) in [5.74, 6) is 5.71. The van der Waals surface area contributed by atoms with Gasteiger partial charge in [-0.2, -0.15) is 5.10 Å². The van der Waals surface area contributed by atoms with Gasteiger partial charge in [0.05, 0.1) is 17.4 Å². The van der Waals surface area contributed by atoms with Crippen molar-refractivity contribution in [3.05, 3.63) is 50.7 Å². The van der Waals surface area contributed by atoms with E-state index in [1.807, 2.05) is 29.9 Å². The van der Waals surface area contributed by atoms with E-state index in [2.05, 4.69) is 39.4 Å². The highest BCUT2D eigenvalue weighted by Gasteiger charge is 2.17. The maximum Gasteiger partial charge on any atom is 0.0669 e. The first-order chi connectivity index (χ1) is 9.55. The summed E-state index contributed by atoms with van der Waals surface area (Å²) in [5.41, 5.74) is 6.03. The fourth-order valence-corrected chi connectivity index (χ4v) is 2.95. The third-order valence-corrected chi connectivity index (χ3v) is 4.17. The van der Waals surface area contributed by atoms with Gasteiger partial charge in [0.15, 0.2) is 0 Å². The molecule has 0 bridgehead atoms. The van der Waals surface area contributed by atoms with Gasteiger partial charge >= 0.3 is 0 Å². The number of rotatable bonds is 5. The molecule has 3 N–H and O–H groups in total. The molecule has 20 heavy (non-hydrogen) atoms. The molecule has 1 aromatic heterocycles. The molecule has 2 rings (SSSR count). The van der Waals surface area contributed by atoms with Crippen LogP contribution in [-0.4, -0.2) is 9.78 Å². The molecule has 0 saturated carbocycles. The van der Waals surface area contributed by atoms with Crippen LogP contribution in [0.4, 0.5) is 0 Å². The largest absolute Gasteiger partial charge is 0.271 e. The van der Waals surface area contributed by atoms with Crippen molar-refractivity contribution in [2.24, 2.45) is 12.9 Å². The lowest BCUT2D eigenvalue weighted by atomic mass is 10.0. The van der Waals surface area contributed by atoms with Crippen LogP contribution >= 0.6 is 27.5 Å². The van der Waals surface area contributed by atoms with Crippen molar-refractivity contribution >= 4 is 27.5 Å². The molecule has 1 unspecified atom stereocenters. The summed E-state index contributed by atoms with van der Waals surface area (Å²) in [6.45, 7) is 2.09. The minimum absolute atomic E-state index is 0.0218. The van der Waals surface area contributed by atoms with Crippen molar-refractivity contribution in [3.8, 4) is 0 Å². The zero-order chi connectivity index (χ0) is 14.7. The Bertz CT molecular complexity index is 597. The van der Waals surface area contributed by atoms with Crippen molar-refractivity contribution in [3.63, 3.8) is 0 Å². The normalized spacial score (nSPS) is 12.7. The second kappa shape index (κ2) is 6.72. The number of nitrogens with zero attached hydrogens (tertiary/aromatic N) is 2. The monoisotopic (exact) mass is 356 g/mol. The first kappa shape index (κ1) is 15.5.